The van der Waals surface area contributed by atoms with Crippen LogP contribution in [0.4, 0.5) is 0 Å². The number of carbonyl (C=O) groups excluding carboxylic acids is 4. The summed E-state index contributed by atoms with van der Waals surface area (Å²) in [6, 6.07) is 0. The van der Waals surface area contributed by atoms with Gasteiger partial charge in [-0.25, -0.2) is 0 Å². The minimum Gasteiger partial charge on any atom is -0.344 e. The molecule has 0 bridgehead atoms. The minimum absolute atomic E-state index is 0. The van der Waals surface area contributed by atoms with Crippen LogP contribution in [0.5, 0.6) is 0 Å². The first-order valence-corrected chi connectivity index (χ1v) is 4.78. The average Bonchev–Trinajstić information content (AvgIpc) is 2.74. The second-order valence-electron chi connectivity index (χ2n) is 1.74. The second kappa shape index (κ2) is 37.1. The largest absolute Gasteiger partial charge is 0.344 e. The van der Waals surface area contributed by atoms with Gasteiger partial charge in [-0.1, -0.05) is 0 Å². The topological polar surface area (TPSA) is 103 Å². The Labute approximate surface area is 108 Å². The molecule has 3 N–H and O–H groups in total. The van der Waals surface area contributed by atoms with Gasteiger partial charge in [0.2, 0.25) is 0 Å². The molecule has 0 saturated carbocycles. The first-order valence-electron chi connectivity index (χ1n) is 3.17. The van der Waals surface area contributed by atoms with Crippen molar-refractivity contribution in [3.05, 3.63) is 21.5 Å². The Balaban J connectivity index is -0.0000000390. The smallest absolute Gasteiger partial charge is 0.281 e. The number of rotatable bonds is 0. The SMILES string of the molecule is CC1=[C]([Ta])CC=C1.N.[C]=O.[C]=O.[C]=O.[C]=O. The van der Waals surface area contributed by atoms with Gasteiger partial charge in [-0.3, -0.25) is 19.2 Å². The molecule has 84 valence electrons. The van der Waals surface area contributed by atoms with E-state index in [1.54, 1.807) is 3.79 Å². The first-order chi connectivity index (χ1) is 7.30. The van der Waals surface area contributed by atoms with Gasteiger partial charge in [0.05, 0.1) is 0 Å². The van der Waals surface area contributed by atoms with Crippen molar-refractivity contribution in [1.29, 1.82) is 0 Å². The molecule has 16 heavy (non-hydrogen) atoms. The summed E-state index contributed by atoms with van der Waals surface area (Å²) in [4.78, 5) is 30.0. The monoisotopic (exact) mass is 389 g/mol. The molecule has 0 spiro atoms. The Bertz CT molecular complexity index is 187. The van der Waals surface area contributed by atoms with Crippen LogP contribution in [0.25, 0.3) is 0 Å². The number of hydrogen-bond acceptors (Lipinski definition) is 5. The molecule has 0 heterocycles. The van der Waals surface area contributed by atoms with E-state index in [-0.39, 0.29) is 6.15 Å². The number of allylic oxidation sites excluding steroid dienone is 4. The zero-order chi connectivity index (χ0) is 13.3. The maximum atomic E-state index is 7.50. The van der Waals surface area contributed by atoms with Gasteiger partial charge in [-0.05, 0) is 0 Å². The third kappa shape index (κ3) is 23.0. The Morgan fingerprint density at radius 3 is 1.38 bits per heavy atom. The van der Waals surface area contributed by atoms with Gasteiger partial charge in [0.25, 0.3) is 27.2 Å². The fourth-order valence-corrected chi connectivity index (χ4v) is 1.25. The van der Waals surface area contributed by atoms with Crippen molar-refractivity contribution >= 4 is 27.2 Å². The predicted molar refractivity (Wildman–Crippen MR) is 54.3 cm³/mol. The molecule has 0 aromatic carbocycles. The van der Waals surface area contributed by atoms with Crippen molar-refractivity contribution in [2.75, 3.05) is 0 Å². The van der Waals surface area contributed by atoms with E-state index in [4.69, 9.17) is 19.2 Å². The third-order valence-corrected chi connectivity index (χ3v) is 3.06. The Kier molecular flexibility index (Phi) is 68.1. The van der Waals surface area contributed by atoms with Crippen LogP contribution < -0.4 is 6.15 Å². The molecule has 0 atom stereocenters. The van der Waals surface area contributed by atoms with Crippen LogP contribution in [-0.4, -0.2) is 27.2 Å². The molecular formula is C10H10NO4Ta. The fraction of sp³-hybridized carbons (Fsp3) is 0.200. The van der Waals surface area contributed by atoms with Gasteiger partial charge >= 0.3 is 55.9 Å². The Hall–Kier alpha value is -1.14. The van der Waals surface area contributed by atoms with Crippen molar-refractivity contribution in [2.24, 2.45) is 0 Å². The molecule has 0 saturated heterocycles. The number of hydrogen-bond donors (Lipinski definition) is 1. The van der Waals surface area contributed by atoms with Crippen molar-refractivity contribution in [3.63, 3.8) is 0 Å². The summed E-state index contributed by atoms with van der Waals surface area (Å²) in [6.45, 7) is 20.2. The molecule has 0 aromatic heterocycles. The van der Waals surface area contributed by atoms with E-state index >= 15 is 0 Å². The van der Waals surface area contributed by atoms with Crippen LogP contribution in [0.1, 0.15) is 13.3 Å². The van der Waals surface area contributed by atoms with Gasteiger partial charge in [0.1, 0.15) is 0 Å². The van der Waals surface area contributed by atoms with Gasteiger partial charge < -0.3 is 6.15 Å². The van der Waals surface area contributed by atoms with Crippen molar-refractivity contribution < 1.29 is 40.2 Å². The first kappa shape index (κ1) is 29.4. The summed E-state index contributed by atoms with van der Waals surface area (Å²) in [5.74, 6) is 0. The standard InChI is InChI=1S/C6H7.4CO.H3N.Ta/c1-6-4-2-3-5-6;4*1-2;;/h2,4H,3H2,1H3;;;;;1H3;. The van der Waals surface area contributed by atoms with E-state index in [2.05, 4.69) is 46.2 Å². The molecule has 5 nitrogen and oxygen atoms in total. The fourth-order valence-electron chi connectivity index (χ4n) is 0.605. The molecule has 0 fully saturated rings. The molecule has 0 unspecified atom stereocenters. The van der Waals surface area contributed by atoms with Crippen LogP contribution in [-0.2, 0) is 40.2 Å². The molecule has 1 aliphatic rings. The van der Waals surface area contributed by atoms with Crippen LogP contribution in [0.15, 0.2) is 21.5 Å². The van der Waals surface area contributed by atoms with E-state index in [0.717, 1.165) is 0 Å². The van der Waals surface area contributed by atoms with Crippen molar-refractivity contribution in [1.82, 2.24) is 6.15 Å². The molecule has 0 aromatic rings. The molecule has 1 rings (SSSR count). The van der Waals surface area contributed by atoms with E-state index < -0.39 is 0 Å². The maximum Gasteiger partial charge on any atom is 0.281 e. The minimum atomic E-state index is 0. The summed E-state index contributed by atoms with van der Waals surface area (Å²) < 4.78 is 1.63. The van der Waals surface area contributed by atoms with Crippen LogP contribution in [0.3, 0.4) is 0 Å². The van der Waals surface area contributed by atoms with Crippen LogP contribution in [0, 0.1) is 0 Å². The van der Waals surface area contributed by atoms with Gasteiger partial charge in [0.15, 0.2) is 0 Å². The normalized spacial score (nSPS) is 9.31. The van der Waals surface area contributed by atoms with Gasteiger partial charge in [-0.15, -0.1) is 0 Å². The van der Waals surface area contributed by atoms with E-state index in [0.29, 0.717) is 0 Å². The van der Waals surface area contributed by atoms with Gasteiger partial charge in [0, 0.05) is 0 Å². The summed E-state index contributed by atoms with van der Waals surface area (Å²) in [7, 11) is 0. The predicted octanol–water partition coefficient (Wildman–Crippen LogP) is 0.341. The zero-order valence-electron chi connectivity index (χ0n) is 8.65. The average molecular weight is 389 g/mol. The van der Waals surface area contributed by atoms with Crippen molar-refractivity contribution in [2.45, 2.75) is 13.3 Å². The quantitative estimate of drug-likeness (QED) is 0.644. The van der Waals surface area contributed by atoms with E-state index in [1.165, 1.54) is 33.1 Å². The molecule has 0 amide bonds. The molecular weight excluding hydrogens is 379 g/mol. The van der Waals surface area contributed by atoms with Crippen molar-refractivity contribution in [3.8, 4) is 0 Å². The Morgan fingerprint density at radius 2 is 1.31 bits per heavy atom. The van der Waals surface area contributed by atoms with E-state index in [9.17, 15) is 0 Å². The van der Waals surface area contributed by atoms with Crippen LogP contribution in [0.2, 0.25) is 0 Å². The maximum absolute atomic E-state index is 7.50. The summed E-state index contributed by atoms with van der Waals surface area (Å²) in [5, 5.41) is 0. The van der Waals surface area contributed by atoms with E-state index in [1.807, 2.05) is 0 Å². The second-order valence-corrected chi connectivity index (χ2v) is 3.68. The Morgan fingerprint density at radius 1 is 1.00 bits per heavy atom. The summed E-state index contributed by atoms with van der Waals surface area (Å²) in [6.07, 6.45) is 5.65. The van der Waals surface area contributed by atoms with Crippen LogP contribution >= 0.6 is 0 Å². The summed E-state index contributed by atoms with van der Waals surface area (Å²) in [5.41, 5.74) is 1.49. The van der Waals surface area contributed by atoms with Gasteiger partial charge in [-0.2, -0.15) is 0 Å². The molecule has 8 radical (unpaired) electrons. The molecule has 1 aliphatic carbocycles. The molecule has 6 heteroatoms. The zero-order valence-corrected chi connectivity index (χ0v) is 11.9. The summed E-state index contributed by atoms with van der Waals surface area (Å²) >= 11 is 1.44. The third-order valence-electron chi connectivity index (χ3n) is 1.13. The molecule has 0 aliphatic heterocycles.